The van der Waals surface area contributed by atoms with E-state index in [4.69, 9.17) is 23.7 Å². The van der Waals surface area contributed by atoms with Crippen molar-refractivity contribution in [3.8, 4) is 23.0 Å². The number of unbranched alkanes of at least 4 members (excludes halogenated alkanes) is 2. The van der Waals surface area contributed by atoms with Gasteiger partial charge in [0.1, 0.15) is 6.04 Å². The fraction of sp³-hybridized carbons (Fsp3) is 0.406. The van der Waals surface area contributed by atoms with E-state index in [1.54, 1.807) is 40.2 Å². The van der Waals surface area contributed by atoms with Crippen molar-refractivity contribution in [2.75, 3.05) is 34.0 Å². The number of benzene rings is 2. The van der Waals surface area contributed by atoms with Crippen LogP contribution in [0.1, 0.15) is 64.1 Å². The van der Waals surface area contributed by atoms with Crippen molar-refractivity contribution < 1.29 is 28.5 Å². The number of ether oxygens (including phenoxy) is 5. The summed E-state index contributed by atoms with van der Waals surface area (Å²) in [6.07, 6.45) is 4.83. The first kappa shape index (κ1) is 30.9. The van der Waals surface area contributed by atoms with Crippen LogP contribution in [0.15, 0.2) is 57.5 Å². The van der Waals surface area contributed by atoms with Crippen LogP contribution in [-0.4, -0.2) is 44.6 Å². The first-order valence-electron chi connectivity index (χ1n) is 14.2. The number of allylic oxidation sites excluding steroid dienone is 1. The first-order valence-corrected chi connectivity index (χ1v) is 15.0. The molecule has 2 aromatic carbocycles. The molecule has 1 aliphatic rings. The number of thiazole rings is 1. The van der Waals surface area contributed by atoms with Crippen LogP contribution in [0.25, 0.3) is 6.08 Å². The molecule has 0 spiro atoms. The molecule has 0 radical (unpaired) electrons. The normalized spacial score (nSPS) is 14.7. The number of esters is 1. The van der Waals surface area contributed by atoms with Crippen LogP contribution in [0, 0.1) is 0 Å². The number of para-hydroxylation sites is 2. The van der Waals surface area contributed by atoms with Crippen LogP contribution in [0.5, 0.6) is 23.0 Å². The van der Waals surface area contributed by atoms with Crippen LogP contribution >= 0.6 is 11.3 Å². The van der Waals surface area contributed by atoms with Gasteiger partial charge < -0.3 is 23.7 Å². The molecular weight excluding hydrogens is 556 g/mol. The maximum absolute atomic E-state index is 14.2. The summed E-state index contributed by atoms with van der Waals surface area (Å²) in [5, 5.41) is 0. The molecule has 224 valence electrons. The topological polar surface area (TPSA) is 97.6 Å². The number of hydrogen-bond donors (Lipinski definition) is 0. The monoisotopic (exact) mass is 594 g/mol. The summed E-state index contributed by atoms with van der Waals surface area (Å²) in [4.78, 5) is 32.7. The fourth-order valence-electron chi connectivity index (χ4n) is 4.92. The molecule has 0 aliphatic carbocycles. The molecule has 2 heterocycles. The summed E-state index contributed by atoms with van der Waals surface area (Å²) in [5.41, 5.74) is 1.75. The average Bonchev–Trinajstić information content (AvgIpc) is 3.29. The number of methoxy groups -OCH3 is 2. The van der Waals surface area contributed by atoms with E-state index in [-0.39, 0.29) is 17.7 Å². The van der Waals surface area contributed by atoms with Gasteiger partial charge in [-0.3, -0.25) is 9.36 Å². The zero-order valence-corrected chi connectivity index (χ0v) is 25.8. The molecule has 9 nitrogen and oxygen atoms in total. The Hall–Kier alpha value is -4.05. The molecule has 10 heteroatoms. The summed E-state index contributed by atoms with van der Waals surface area (Å²) in [5.74, 6) is 1.57. The van der Waals surface area contributed by atoms with Crippen molar-refractivity contribution in [3.05, 3.63) is 78.5 Å². The van der Waals surface area contributed by atoms with Gasteiger partial charge in [0.05, 0.1) is 49.8 Å². The number of nitrogens with zero attached hydrogens (tertiary/aromatic N) is 2. The molecule has 0 unspecified atom stereocenters. The average molecular weight is 595 g/mol. The van der Waals surface area contributed by atoms with Crippen LogP contribution in [0.4, 0.5) is 0 Å². The Balaban J connectivity index is 1.95. The Bertz CT molecular complexity index is 1640. The summed E-state index contributed by atoms with van der Waals surface area (Å²) in [6, 6.07) is 10.2. The molecule has 0 bridgehead atoms. The summed E-state index contributed by atoms with van der Waals surface area (Å²) >= 11 is 1.24. The van der Waals surface area contributed by atoms with Crippen LogP contribution < -0.4 is 33.8 Å². The highest BCUT2D eigenvalue weighted by Crippen LogP contribution is 2.41. The van der Waals surface area contributed by atoms with Gasteiger partial charge in [0, 0.05) is 11.1 Å². The SMILES string of the molecule is CCCCCOc1c(/C=c2/sc3n(c2=O)[C@H](c2cccc(OC)c2OCC)C(C(=O)OCC)=C(C)N=3)cccc1OC. The molecule has 1 aromatic heterocycles. The van der Waals surface area contributed by atoms with Crippen LogP contribution in [0.3, 0.4) is 0 Å². The number of carbonyl (C=O) groups excluding carboxylic acids is 1. The zero-order chi connectivity index (χ0) is 30.2. The van der Waals surface area contributed by atoms with Crippen molar-refractivity contribution in [1.82, 2.24) is 4.57 Å². The quantitative estimate of drug-likeness (QED) is 0.208. The molecule has 0 fully saturated rings. The second-order valence-electron chi connectivity index (χ2n) is 9.55. The first-order chi connectivity index (χ1) is 20.4. The number of aromatic nitrogens is 1. The third kappa shape index (κ3) is 6.23. The Morgan fingerprint density at radius 3 is 2.36 bits per heavy atom. The van der Waals surface area contributed by atoms with E-state index < -0.39 is 12.0 Å². The number of carbonyl (C=O) groups is 1. The second kappa shape index (κ2) is 14.2. The Labute approximate surface area is 249 Å². The third-order valence-electron chi connectivity index (χ3n) is 6.84. The highest BCUT2D eigenvalue weighted by molar-refractivity contribution is 7.07. The predicted octanol–water partition coefficient (Wildman–Crippen LogP) is 4.78. The van der Waals surface area contributed by atoms with Gasteiger partial charge in [0.15, 0.2) is 27.8 Å². The molecule has 4 rings (SSSR count). The van der Waals surface area contributed by atoms with Crippen molar-refractivity contribution in [1.29, 1.82) is 0 Å². The lowest BCUT2D eigenvalue weighted by atomic mass is 9.94. The van der Waals surface area contributed by atoms with E-state index in [1.165, 1.54) is 15.9 Å². The summed E-state index contributed by atoms with van der Waals surface area (Å²) in [6.45, 7) is 8.58. The van der Waals surface area contributed by atoms with E-state index in [9.17, 15) is 9.59 Å². The molecule has 1 atom stereocenters. The van der Waals surface area contributed by atoms with Crippen LogP contribution in [-0.2, 0) is 9.53 Å². The van der Waals surface area contributed by atoms with E-state index in [1.807, 2.05) is 37.3 Å². The van der Waals surface area contributed by atoms with Crippen molar-refractivity contribution in [2.24, 2.45) is 4.99 Å². The molecule has 42 heavy (non-hydrogen) atoms. The van der Waals surface area contributed by atoms with Gasteiger partial charge in [0.2, 0.25) is 0 Å². The molecule has 0 saturated carbocycles. The summed E-state index contributed by atoms with van der Waals surface area (Å²) < 4.78 is 30.7. The Morgan fingerprint density at radius 1 is 0.976 bits per heavy atom. The minimum Gasteiger partial charge on any atom is -0.493 e. The minimum atomic E-state index is -0.839. The maximum atomic E-state index is 14.2. The molecule has 0 saturated heterocycles. The van der Waals surface area contributed by atoms with Crippen molar-refractivity contribution in [3.63, 3.8) is 0 Å². The Kier molecular flexibility index (Phi) is 10.5. The van der Waals surface area contributed by atoms with Gasteiger partial charge in [-0.2, -0.15) is 0 Å². The van der Waals surface area contributed by atoms with Gasteiger partial charge in [-0.25, -0.2) is 9.79 Å². The van der Waals surface area contributed by atoms with E-state index >= 15 is 0 Å². The molecule has 0 N–H and O–H groups in total. The van der Waals surface area contributed by atoms with E-state index in [2.05, 4.69) is 11.9 Å². The van der Waals surface area contributed by atoms with Gasteiger partial charge >= 0.3 is 5.97 Å². The molecule has 1 aliphatic heterocycles. The lowest BCUT2D eigenvalue weighted by molar-refractivity contribution is -0.139. The van der Waals surface area contributed by atoms with Crippen molar-refractivity contribution in [2.45, 2.75) is 53.0 Å². The van der Waals surface area contributed by atoms with Gasteiger partial charge in [-0.05, 0) is 45.4 Å². The minimum absolute atomic E-state index is 0.181. The fourth-order valence-corrected chi connectivity index (χ4v) is 5.96. The third-order valence-corrected chi connectivity index (χ3v) is 7.82. The highest BCUT2D eigenvalue weighted by Gasteiger charge is 2.36. The van der Waals surface area contributed by atoms with E-state index in [0.29, 0.717) is 62.4 Å². The smallest absolute Gasteiger partial charge is 0.338 e. The number of hydrogen-bond acceptors (Lipinski definition) is 9. The van der Waals surface area contributed by atoms with E-state index in [0.717, 1.165) is 19.3 Å². The predicted molar refractivity (Wildman–Crippen MR) is 163 cm³/mol. The van der Waals surface area contributed by atoms with Crippen molar-refractivity contribution >= 4 is 23.4 Å². The van der Waals surface area contributed by atoms with Gasteiger partial charge in [-0.15, -0.1) is 0 Å². The number of fused-ring (bicyclic) bond motifs is 1. The molecule has 0 amide bonds. The second-order valence-corrected chi connectivity index (χ2v) is 10.6. The molecular formula is C32H38N2O7S. The lowest BCUT2D eigenvalue weighted by Crippen LogP contribution is -2.40. The summed E-state index contributed by atoms with van der Waals surface area (Å²) in [7, 11) is 3.14. The highest BCUT2D eigenvalue weighted by atomic mass is 32.1. The Morgan fingerprint density at radius 2 is 1.69 bits per heavy atom. The standard InChI is InChI=1S/C32H38N2O7S/c1-7-10-11-18-41-28-21(14-12-16-23(28)37-5)19-25-30(35)34-27(22-15-13-17-24(38-6)29(22)39-8-2)26(31(36)40-9-3)20(4)33-32(34)42-25/h12-17,19,27H,7-11,18H2,1-6H3/b25-19+/t27-/m1/s1. The zero-order valence-electron chi connectivity index (χ0n) is 25.0. The lowest BCUT2D eigenvalue weighted by Gasteiger charge is -2.26. The van der Waals surface area contributed by atoms with Gasteiger partial charge in [0.25, 0.3) is 5.56 Å². The largest absolute Gasteiger partial charge is 0.493 e. The van der Waals surface area contributed by atoms with Gasteiger partial charge in [-0.1, -0.05) is 55.4 Å². The van der Waals surface area contributed by atoms with Crippen LogP contribution in [0.2, 0.25) is 0 Å². The number of rotatable bonds is 13. The molecule has 3 aromatic rings. The maximum Gasteiger partial charge on any atom is 0.338 e.